The van der Waals surface area contributed by atoms with E-state index in [-0.39, 0.29) is 11.9 Å². The van der Waals surface area contributed by atoms with Gasteiger partial charge in [-0.05, 0) is 12.8 Å². The number of hydrogen-bond donors (Lipinski definition) is 2. The van der Waals surface area contributed by atoms with E-state index in [1.54, 1.807) is 0 Å². The van der Waals surface area contributed by atoms with Crippen LogP contribution in [0.5, 0.6) is 0 Å². The number of carbonyl (C=O) groups is 1. The third-order valence-corrected chi connectivity index (χ3v) is 2.06. The molecule has 1 unspecified atom stereocenters. The number of aromatic nitrogens is 3. The Balaban J connectivity index is 2.19. The minimum Gasteiger partial charge on any atom is -0.381 e. The summed E-state index contributed by atoms with van der Waals surface area (Å²) in [5.41, 5.74) is 5.40. The lowest BCUT2D eigenvalue weighted by molar-refractivity contribution is -0.126. The summed E-state index contributed by atoms with van der Waals surface area (Å²) in [7, 11) is 0. The van der Waals surface area contributed by atoms with Crippen LogP contribution in [0.25, 0.3) is 0 Å². The average molecular weight is 181 g/mol. The molecule has 6 nitrogen and oxygen atoms in total. The number of nitrogen functional groups attached to an aromatic ring is 1. The molecule has 2 heterocycles. The molecule has 1 saturated heterocycles. The molecule has 1 aliphatic heterocycles. The number of anilines is 1. The Morgan fingerprint density at radius 3 is 3.15 bits per heavy atom. The predicted octanol–water partition coefficient (Wildman–Crippen LogP) is -0.689. The van der Waals surface area contributed by atoms with Crippen molar-refractivity contribution in [1.82, 2.24) is 20.3 Å². The van der Waals surface area contributed by atoms with Gasteiger partial charge in [-0.2, -0.15) is 9.90 Å². The summed E-state index contributed by atoms with van der Waals surface area (Å²) in [6.45, 7) is 0.742. The van der Waals surface area contributed by atoms with Crippen LogP contribution in [0.1, 0.15) is 18.9 Å². The Hall–Kier alpha value is -1.59. The van der Waals surface area contributed by atoms with E-state index in [0.717, 1.165) is 19.4 Å². The molecule has 70 valence electrons. The zero-order valence-electron chi connectivity index (χ0n) is 7.10. The van der Waals surface area contributed by atoms with Crippen LogP contribution in [-0.2, 0) is 4.79 Å². The predicted molar refractivity (Wildman–Crippen MR) is 45.7 cm³/mol. The minimum absolute atomic E-state index is 0.0261. The highest BCUT2D eigenvalue weighted by Gasteiger charge is 2.25. The summed E-state index contributed by atoms with van der Waals surface area (Å²) >= 11 is 0. The molecule has 1 atom stereocenters. The van der Waals surface area contributed by atoms with Crippen LogP contribution in [-0.4, -0.2) is 27.4 Å². The van der Waals surface area contributed by atoms with Crippen molar-refractivity contribution in [2.45, 2.75) is 18.9 Å². The molecular formula is C7H11N5O. The zero-order chi connectivity index (χ0) is 9.26. The first-order valence-corrected chi connectivity index (χ1v) is 4.22. The fraction of sp³-hybridized carbons (Fsp3) is 0.571. The quantitative estimate of drug-likeness (QED) is 0.600. The van der Waals surface area contributed by atoms with Crippen LogP contribution in [0.3, 0.4) is 0 Å². The van der Waals surface area contributed by atoms with Gasteiger partial charge in [0.25, 0.3) is 0 Å². The van der Waals surface area contributed by atoms with Gasteiger partial charge in [0.15, 0.2) is 5.82 Å². The number of rotatable bonds is 1. The summed E-state index contributed by atoms with van der Waals surface area (Å²) in [5, 5.41) is 10.6. The fourth-order valence-electron chi connectivity index (χ4n) is 1.41. The van der Waals surface area contributed by atoms with Crippen LogP contribution >= 0.6 is 0 Å². The van der Waals surface area contributed by atoms with Gasteiger partial charge in [0.05, 0.1) is 6.20 Å². The van der Waals surface area contributed by atoms with Gasteiger partial charge in [0, 0.05) is 6.54 Å². The first kappa shape index (κ1) is 8.03. The van der Waals surface area contributed by atoms with Gasteiger partial charge in [-0.25, -0.2) is 0 Å². The van der Waals surface area contributed by atoms with Gasteiger partial charge in [-0.15, -0.1) is 5.10 Å². The Morgan fingerprint density at radius 1 is 1.69 bits per heavy atom. The van der Waals surface area contributed by atoms with Crippen LogP contribution in [0.15, 0.2) is 6.20 Å². The molecule has 0 bridgehead atoms. The number of carbonyl (C=O) groups excluding carboxylic acids is 1. The Morgan fingerprint density at radius 2 is 2.54 bits per heavy atom. The van der Waals surface area contributed by atoms with Crippen molar-refractivity contribution in [1.29, 1.82) is 0 Å². The molecule has 13 heavy (non-hydrogen) atoms. The minimum atomic E-state index is -0.286. The third-order valence-electron chi connectivity index (χ3n) is 2.06. The highest BCUT2D eigenvalue weighted by molar-refractivity contribution is 5.80. The molecule has 1 fully saturated rings. The smallest absolute Gasteiger partial charge is 0.246 e. The molecule has 1 amide bonds. The molecule has 1 aromatic rings. The second-order valence-corrected chi connectivity index (χ2v) is 3.04. The number of amides is 1. The van der Waals surface area contributed by atoms with Crippen LogP contribution in [0, 0.1) is 0 Å². The molecule has 0 saturated carbocycles. The van der Waals surface area contributed by atoms with Crippen molar-refractivity contribution >= 4 is 11.7 Å². The van der Waals surface area contributed by atoms with E-state index >= 15 is 0 Å². The molecule has 0 radical (unpaired) electrons. The maximum absolute atomic E-state index is 11.4. The zero-order valence-corrected chi connectivity index (χ0v) is 7.10. The van der Waals surface area contributed by atoms with E-state index in [0.29, 0.717) is 5.82 Å². The monoisotopic (exact) mass is 181 g/mol. The summed E-state index contributed by atoms with van der Waals surface area (Å²) in [4.78, 5) is 12.7. The van der Waals surface area contributed by atoms with Gasteiger partial charge in [-0.3, -0.25) is 4.79 Å². The number of nitrogens with two attached hydrogens (primary N) is 1. The van der Waals surface area contributed by atoms with E-state index in [1.807, 2.05) is 0 Å². The first-order valence-electron chi connectivity index (χ1n) is 4.22. The Labute approximate surface area is 75.1 Å². The van der Waals surface area contributed by atoms with E-state index in [9.17, 15) is 4.79 Å². The topological polar surface area (TPSA) is 85.8 Å². The molecule has 6 heteroatoms. The van der Waals surface area contributed by atoms with Crippen LogP contribution < -0.4 is 11.1 Å². The van der Waals surface area contributed by atoms with Gasteiger partial charge in [-0.1, -0.05) is 0 Å². The summed E-state index contributed by atoms with van der Waals surface area (Å²) in [6, 6.07) is -0.286. The molecule has 1 aliphatic rings. The van der Waals surface area contributed by atoms with Crippen LogP contribution in [0.2, 0.25) is 0 Å². The van der Waals surface area contributed by atoms with Gasteiger partial charge < -0.3 is 11.1 Å². The van der Waals surface area contributed by atoms with E-state index in [1.165, 1.54) is 11.0 Å². The Bertz CT molecular complexity index is 320. The molecule has 0 spiro atoms. The van der Waals surface area contributed by atoms with E-state index in [2.05, 4.69) is 15.5 Å². The first-order chi connectivity index (χ1) is 6.27. The average Bonchev–Trinajstić information content (AvgIpc) is 2.53. The molecular weight excluding hydrogens is 170 g/mol. The number of hydrogen-bond acceptors (Lipinski definition) is 4. The Kier molecular flexibility index (Phi) is 1.88. The highest BCUT2D eigenvalue weighted by Crippen LogP contribution is 2.15. The maximum atomic E-state index is 11.4. The summed E-state index contributed by atoms with van der Waals surface area (Å²) in [6.07, 6.45) is 3.18. The largest absolute Gasteiger partial charge is 0.381 e. The molecule has 0 aromatic carbocycles. The number of nitrogens with one attached hydrogen (secondary N) is 1. The number of nitrogens with zero attached hydrogens (tertiary/aromatic N) is 3. The maximum Gasteiger partial charge on any atom is 0.246 e. The summed E-state index contributed by atoms with van der Waals surface area (Å²) < 4.78 is 0. The lowest BCUT2D eigenvalue weighted by Crippen LogP contribution is -2.38. The molecule has 2 rings (SSSR count). The molecule has 3 N–H and O–H groups in total. The number of piperidine rings is 1. The van der Waals surface area contributed by atoms with Crippen molar-refractivity contribution in [2.75, 3.05) is 12.3 Å². The fourth-order valence-corrected chi connectivity index (χ4v) is 1.41. The third kappa shape index (κ3) is 1.47. The van der Waals surface area contributed by atoms with Crippen molar-refractivity contribution < 1.29 is 4.79 Å². The molecule has 0 aliphatic carbocycles. The standard InChI is InChI=1S/C7H11N5O/c8-6-4-10-12(11-6)5-2-1-3-9-7(5)13/h4-5H,1-3H2,(H2,8,11)(H,9,13). The second kappa shape index (κ2) is 3.04. The van der Waals surface area contributed by atoms with Crippen molar-refractivity contribution in [3.63, 3.8) is 0 Å². The normalized spacial score (nSPS) is 22.8. The van der Waals surface area contributed by atoms with Crippen LogP contribution in [0.4, 0.5) is 5.82 Å². The molecule has 1 aromatic heterocycles. The SMILES string of the molecule is Nc1cnn(C2CCCNC2=O)n1. The van der Waals surface area contributed by atoms with Crippen molar-refractivity contribution in [2.24, 2.45) is 0 Å². The second-order valence-electron chi connectivity index (χ2n) is 3.04. The van der Waals surface area contributed by atoms with Gasteiger partial charge in [0.1, 0.15) is 6.04 Å². The van der Waals surface area contributed by atoms with Gasteiger partial charge in [0.2, 0.25) is 5.91 Å². The van der Waals surface area contributed by atoms with Gasteiger partial charge >= 0.3 is 0 Å². The van der Waals surface area contributed by atoms with E-state index in [4.69, 9.17) is 5.73 Å². The lowest BCUT2D eigenvalue weighted by atomic mass is 10.1. The highest BCUT2D eigenvalue weighted by atomic mass is 16.2. The summed E-state index contributed by atoms with van der Waals surface area (Å²) in [5.74, 6) is 0.320. The van der Waals surface area contributed by atoms with Crippen molar-refractivity contribution in [3.05, 3.63) is 6.20 Å². The van der Waals surface area contributed by atoms with E-state index < -0.39 is 0 Å². The van der Waals surface area contributed by atoms with Crippen molar-refractivity contribution in [3.8, 4) is 0 Å². The lowest BCUT2D eigenvalue weighted by Gasteiger charge is -2.20.